The molecule has 1 aromatic carbocycles. The standard InChI is InChI=1S/C14H19N3O3/c1-4-15-10-7-9(5-6-11(10)17(19)20)13(18)16-12-8-14(12,2)3/h5-7,12,15H,4,8H2,1-3H3,(H,16,18). The van der Waals surface area contributed by atoms with Crippen molar-refractivity contribution in [3.8, 4) is 0 Å². The monoisotopic (exact) mass is 277 g/mol. The predicted molar refractivity (Wildman–Crippen MR) is 76.9 cm³/mol. The third-order valence-corrected chi connectivity index (χ3v) is 3.64. The summed E-state index contributed by atoms with van der Waals surface area (Å²) >= 11 is 0. The molecular weight excluding hydrogens is 258 g/mol. The number of hydrogen-bond donors (Lipinski definition) is 2. The van der Waals surface area contributed by atoms with E-state index in [2.05, 4.69) is 24.5 Å². The summed E-state index contributed by atoms with van der Waals surface area (Å²) in [5.74, 6) is -0.186. The van der Waals surface area contributed by atoms with Crippen LogP contribution in [0, 0.1) is 15.5 Å². The Morgan fingerprint density at radius 3 is 2.65 bits per heavy atom. The number of amides is 1. The lowest BCUT2D eigenvalue weighted by Gasteiger charge is -2.09. The van der Waals surface area contributed by atoms with E-state index in [9.17, 15) is 14.9 Å². The molecule has 1 aromatic rings. The number of benzene rings is 1. The molecule has 6 nitrogen and oxygen atoms in total. The minimum absolute atomic E-state index is 0.0184. The Balaban J connectivity index is 2.18. The second kappa shape index (κ2) is 5.11. The van der Waals surface area contributed by atoms with Crippen LogP contribution < -0.4 is 10.6 Å². The smallest absolute Gasteiger partial charge is 0.292 e. The number of carbonyl (C=O) groups is 1. The minimum atomic E-state index is -0.455. The SMILES string of the molecule is CCNc1cc(C(=O)NC2CC2(C)C)ccc1[N+](=O)[O-]. The molecule has 1 aliphatic rings. The Morgan fingerprint density at radius 1 is 1.50 bits per heavy atom. The van der Waals surface area contributed by atoms with Gasteiger partial charge in [-0.2, -0.15) is 0 Å². The number of carbonyl (C=O) groups excluding carboxylic acids is 1. The Hall–Kier alpha value is -2.11. The van der Waals surface area contributed by atoms with Crippen LogP contribution in [0.15, 0.2) is 18.2 Å². The number of nitro groups is 1. The molecule has 1 atom stereocenters. The molecule has 1 fully saturated rings. The minimum Gasteiger partial charge on any atom is -0.380 e. The number of nitro benzene ring substituents is 1. The van der Waals surface area contributed by atoms with Gasteiger partial charge in [-0.3, -0.25) is 14.9 Å². The first-order chi connectivity index (χ1) is 9.35. The molecule has 20 heavy (non-hydrogen) atoms. The summed E-state index contributed by atoms with van der Waals surface area (Å²) in [7, 11) is 0. The number of hydrogen-bond acceptors (Lipinski definition) is 4. The number of anilines is 1. The van der Waals surface area contributed by atoms with E-state index in [-0.39, 0.29) is 23.1 Å². The molecule has 1 saturated carbocycles. The van der Waals surface area contributed by atoms with Gasteiger partial charge in [0.25, 0.3) is 11.6 Å². The summed E-state index contributed by atoms with van der Waals surface area (Å²) < 4.78 is 0. The van der Waals surface area contributed by atoms with Crippen molar-refractivity contribution in [1.29, 1.82) is 0 Å². The molecule has 0 saturated heterocycles. The van der Waals surface area contributed by atoms with Gasteiger partial charge >= 0.3 is 0 Å². The van der Waals surface area contributed by atoms with Crippen LogP contribution >= 0.6 is 0 Å². The lowest BCUT2D eigenvalue weighted by molar-refractivity contribution is -0.384. The molecule has 0 radical (unpaired) electrons. The average molecular weight is 277 g/mol. The summed E-state index contributed by atoms with van der Waals surface area (Å²) in [6, 6.07) is 4.58. The molecule has 0 bridgehead atoms. The van der Waals surface area contributed by atoms with Crippen molar-refractivity contribution in [2.45, 2.75) is 33.2 Å². The first kappa shape index (κ1) is 14.3. The molecule has 0 aliphatic heterocycles. The molecule has 1 unspecified atom stereocenters. The number of nitrogens with one attached hydrogen (secondary N) is 2. The average Bonchev–Trinajstić information content (AvgIpc) is 2.96. The highest BCUT2D eigenvalue weighted by Crippen LogP contribution is 2.44. The third-order valence-electron chi connectivity index (χ3n) is 3.64. The van der Waals surface area contributed by atoms with Gasteiger partial charge in [0.1, 0.15) is 5.69 Å². The zero-order valence-corrected chi connectivity index (χ0v) is 11.9. The molecule has 0 spiro atoms. The van der Waals surface area contributed by atoms with E-state index in [0.717, 1.165) is 6.42 Å². The van der Waals surface area contributed by atoms with Crippen LogP contribution in [0.3, 0.4) is 0 Å². The molecule has 0 heterocycles. The van der Waals surface area contributed by atoms with Crippen LogP contribution in [0.4, 0.5) is 11.4 Å². The quantitative estimate of drug-likeness (QED) is 0.640. The van der Waals surface area contributed by atoms with Crippen LogP contribution in [0.5, 0.6) is 0 Å². The first-order valence-electron chi connectivity index (χ1n) is 6.68. The van der Waals surface area contributed by atoms with Crippen molar-refractivity contribution >= 4 is 17.3 Å². The maximum Gasteiger partial charge on any atom is 0.292 e. The summed E-state index contributed by atoms with van der Waals surface area (Å²) in [5.41, 5.74) is 0.950. The second-order valence-corrected chi connectivity index (χ2v) is 5.74. The summed E-state index contributed by atoms with van der Waals surface area (Å²) in [4.78, 5) is 22.6. The Morgan fingerprint density at radius 2 is 2.15 bits per heavy atom. The highest BCUT2D eigenvalue weighted by atomic mass is 16.6. The van der Waals surface area contributed by atoms with Crippen LogP contribution in [0.2, 0.25) is 0 Å². The topological polar surface area (TPSA) is 84.3 Å². The molecule has 1 amide bonds. The fourth-order valence-corrected chi connectivity index (χ4v) is 2.12. The molecule has 1 aliphatic carbocycles. The lowest BCUT2D eigenvalue weighted by Crippen LogP contribution is -2.28. The van der Waals surface area contributed by atoms with Gasteiger partial charge in [-0.1, -0.05) is 13.8 Å². The van der Waals surface area contributed by atoms with Crippen molar-refractivity contribution in [3.05, 3.63) is 33.9 Å². The van der Waals surface area contributed by atoms with E-state index >= 15 is 0 Å². The Bertz CT molecular complexity index is 555. The van der Waals surface area contributed by atoms with Crippen molar-refractivity contribution in [1.82, 2.24) is 5.32 Å². The highest BCUT2D eigenvalue weighted by Gasteiger charge is 2.46. The maximum absolute atomic E-state index is 12.1. The van der Waals surface area contributed by atoms with Gasteiger partial charge in [0, 0.05) is 24.2 Å². The zero-order valence-electron chi connectivity index (χ0n) is 11.9. The largest absolute Gasteiger partial charge is 0.380 e. The van der Waals surface area contributed by atoms with Crippen LogP contribution in [0.1, 0.15) is 37.6 Å². The van der Waals surface area contributed by atoms with Crippen molar-refractivity contribution in [2.24, 2.45) is 5.41 Å². The Kier molecular flexibility index (Phi) is 3.65. The van der Waals surface area contributed by atoms with Crippen molar-refractivity contribution < 1.29 is 9.72 Å². The Labute approximate surface area is 117 Å². The molecular formula is C14H19N3O3. The van der Waals surface area contributed by atoms with E-state index in [1.807, 2.05) is 6.92 Å². The van der Waals surface area contributed by atoms with E-state index in [1.165, 1.54) is 18.2 Å². The van der Waals surface area contributed by atoms with Crippen LogP contribution in [-0.4, -0.2) is 23.4 Å². The van der Waals surface area contributed by atoms with Crippen molar-refractivity contribution in [3.63, 3.8) is 0 Å². The van der Waals surface area contributed by atoms with Crippen LogP contribution in [0.25, 0.3) is 0 Å². The lowest BCUT2D eigenvalue weighted by atomic mass is 10.1. The summed E-state index contributed by atoms with van der Waals surface area (Å²) in [5, 5.41) is 16.8. The third kappa shape index (κ3) is 2.89. The molecule has 2 rings (SSSR count). The normalized spacial score (nSPS) is 19.2. The summed E-state index contributed by atoms with van der Waals surface area (Å²) in [6.45, 7) is 6.60. The van der Waals surface area contributed by atoms with Gasteiger partial charge in [-0.25, -0.2) is 0 Å². The van der Waals surface area contributed by atoms with Crippen molar-refractivity contribution in [2.75, 3.05) is 11.9 Å². The van der Waals surface area contributed by atoms with Gasteiger partial charge in [0.05, 0.1) is 4.92 Å². The van der Waals surface area contributed by atoms with Gasteiger partial charge in [-0.05, 0) is 30.9 Å². The number of rotatable bonds is 5. The van der Waals surface area contributed by atoms with E-state index in [4.69, 9.17) is 0 Å². The fourth-order valence-electron chi connectivity index (χ4n) is 2.12. The molecule has 6 heteroatoms. The molecule has 0 aromatic heterocycles. The highest BCUT2D eigenvalue weighted by molar-refractivity contribution is 5.96. The van der Waals surface area contributed by atoms with E-state index in [1.54, 1.807) is 0 Å². The maximum atomic E-state index is 12.1. The van der Waals surface area contributed by atoms with Gasteiger partial charge < -0.3 is 10.6 Å². The fraction of sp³-hybridized carbons (Fsp3) is 0.500. The first-order valence-corrected chi connectivity index (χ1v) is 6.68. The molecule has 2 N–H and O–H groups in total. The van der Waals surface area contributed by atoms with E-state index < -0.39 is 4.92 Å². The zero-order chi connectivity index (χ0) is 14.9. The second-order valence-electron chi connectivity index (χ2n) is 5.74. The number of nitrogens with zero attached hydrogens (tertiary/aromatic N) is 1. The van der Waals surface area contributed by atoms with Crippen LogP contribution in [-0.2, 0) is 0 Å². The molecule has 108 valence electrons. The van der Waals surface area contributed by atoms with Gasteiger partial charge in [0.15, 0.2) is 0 Å². The van der Waals surface area contributed by atoms with Gasteiger partial charge in [0.2, 0.25) is 0 Å². The van der Waals surface area contributed by atoms with E-state index in [0.29, 0.717) is 17.8 Å². The summed E-state index contributed by atoms with van der Waals surface area (Å²) in [6.07, 6.45) is 0.964. The van der Waals surface area contributed by atoms with Gasteiger partial charge in [-0.15, -0.1) is 0 Å². The predicted octanol–water partition coefficient (Wildman–Crippen LogP) is 2.55.